The van der Waals surface area contributed by atoms with Gasteiger partial charge in [0.15, 0.2) is 0 Å². The normalized spacial score (nSPS) is 25.9. The zero-order valence-corrected chi connectivity index (χ0v) is 8.52. The molecule has 1 aromatic carbocycles. The van der Waals surface area contributed by atoms with Gasteiger partial charge in [0, 0.05) is 12.0 Å². The first-order valence-electron chi connectivity index (χ1n) is 5.18. The second-order valence-electron chi connectivity index (χ2n) is 3.64. The maximum atomic E-state index is 10.5. The minimum Gasteiger partial charge on any atom is -0.431 e. The number of benzene rings is 1. The lowest BCUT2D eigenvalue weighted by Gasteiger charge is -2.35. The van der Waals surface area contributed by atoms with Gasteiger partial charge in [-0.3, -0.25) is 4.79 Å². The summed E-state index contributed by atoms with van der Waals surface area (Å²) in [6.45, 7) is 1.11. The summed E-state index contributed by atoms with van der Waals surface area (Å²) in [5, 5.41) is 0. The van der Waals surface area contributed by atoms with Crippen LogP contribution in [0, 0.1) is 0 Å². The van der Waals surface area contributed by atoms with Crippen molar-refractivity contribution in [3.63, 3.8) is 0 Å². The lowest BCUT2D eigenvalue weighted by molar-refractivity contribution is -0.245. The second-order valence-corrected chi connectivity index (χ2v) is 3.64. The number of hydrogen-bond donors (Lipinski definition) is 0. The molecular weight excluding hydrogens is 192 g/mol. The van der Waals surface area contributed by atoms with Crippen molar-refractivity contribution < 1.29 is 14.3 Å². The molecule has 0 aromatic heterocycles. The summed E-state index contributed by atoms with van der Waals surface area (Å²) in [6, 6.07) is 9.62. The van der Waals surface area contributed by atoms with Gasteiger partial charge >= 0.3 is 0 Å². The average Bonchev–Trinajstić information content (AvgIpc) is 2.32. The number of ether oxygens (including phenoxy) is 2. The summed E-state index contributed by atoms with van der Waals surface area (Å²) in [5.41, 5.74) is 0.914. The summed E-state index contributed by atoms with van der Waals surface area (Å²) in [4.78, 5) is 10.5. The highest BCUT2D eigenvalue weighted by atomic mass is 16.7. The Hall–Kier alpha value is -1.35. The predicted molar refractivity (Wildman–Crippen MR) is 55.1 cm³/mol. The Bertz CT molecular complexity index is 315. The standard InChI is InChI=1S/C12H14O3/c13-10-15-12(8-4-5-9-14-12)11-6-2-1-3-7-11/h1-3,6-7,10H,4-5,8-9H2. The Kier molecular flexibility index (Phi) is 3.02. The molecule has 1 atom stereocenters. The summed E-state index contributed by atoms with van der Waals surface area (Å²) in [5.74, 6) is -0.846. The van der Waals surface area contributed by atoms with E-state index in [1.807, 2.05) is 30.3 Å². The van der Waals surface area contributed by atoms with Gasteiger partial charge in [-0.15, -0.1) is 0 Å². The Labute approximate surface area is 89.0 Å². The fourth-order valence-electron chi connectivity index (χ4n) is 1.93. The third-order valence-corrected chi connectivity index (χ3v) is 2.69. The molecule has 1 aliphatic heterocycles. The Morgan fingerprint density at radius 3 is 2.67 bits per heavy atom. The zero-order valence-electron chi connectivity index (χ0n) is 8.52. The van der Waals surface area contributed by atoms with Crippen molar-refractivity contribution in [2.75, 3.05) is 6.61 Å². The molecule has 1 heterocycles. The molecule has 0 amide bonds. The van der Waals surface area contributed by atoms with Crippen molar-refractivity contribution >= 4 is 6.47 Å². The first kappa shape index (κ1) is 10.2. The van der Waals surface area contributed by atoms with Crippen LogP contribution in [0.4, 0.5) is 0 Å². The van der Waals surface area contributed by atoms with E-state index < -0.39 is 5.79 Å². The molecule has 1 aromatic rings. The van der Waals surface area contributed by atoms with E-state index in [0.29, 0.717) is 13.1 Å². The van der Waals surface area contributed by atoms with Crippen LogP contribution in [0.15, 0.2) is 30.3 Å². The van der Waals surface area contributed by atoms with Gasteiger partial charge in [0.2, 0.25) is 5.79 Å². The van der Waals surface area contributed by atoms with Crippen LogP contribution in [-0.2, 0) is 20.1 Å². The summed E-state index contributed by atoms with van der Waals surface area (Å²) in [6.07, 6.45) is 2.77. The lowest BCUT2D eigenvalue weighted by Crippen LogP contribution is -2.36. The van der Waals surface area contributed by atoms with E-state index in [0.717, 1.165) is 24.8 Å². The van der Waals surface area contributed by atoms with Gasteiger partial charge in [0.25, 0.3) is 6.47 Å². The summed E-state index contributed by atoms with van der Waals surface area (Å²) < 4.78 is 10.8. The lowest BCUT2D eigenvalue weighted by atomic mass is 9.97. The van der Waals surface area contributed by atoms with Crippen molar-refractivity contribution in [2.24, 2.45) is 0 Å². The largest absolute Gasteiger partial charge is 0.431 e. The van der Waals surface area contributed by atoms with Crippen LogP contribution in [0.25, 0.3) is 0 Å². The SMILES string of the molecule is O=COC1(c2ccccc2)CCCCO1. The first-order chi connectivity index (χ1) is 7.37. The monoisotopic (exact) mass is 206 g/mol. The van der Waals surface area contributed by atoms with Gasteiger partial charge in [-0.1, -0.05) is 30.3 Å². The third-order valence-electron chi connectivity index (χ3n) is 2.69. The predicted octanol–water partition coefficient (Wildman–Crippen LogP) is 2.21. The van der Waals surface area contributed by atoms with Gasteiger partial charge in [-0.2, -0.15) is 0 Å². The molecular formula is C12H14O3. The quantitative estimate of drug-likeness (QED) is 0.711. The number of carbonyl (C=O) groups excluding carboxylic acids is 1. The Morgan fingerprint density at radius 1 is 1.27 bits per heavy atom. The van der Waals surface area contributed by atoms with Crippen LogP contribution in [0.5, 0.6) is 0 Å². The van der Waals surface area contributed by atoms with Gasteiger partial charge in [0.1, 0.15) is 0 Å². The summed E-state index contributed by atoms with van der Waals surface area (Å²) >= 11 is 0. The van der Waals surface area contributed by atoms with Gasteiger partial charge in [0.05, 0.1) is 6.61 Å². The molecule has 15 heavy (non-hydrogen) atoms. The van der Waals surface area contributed by atoms with Crippen molar-refractivity contribution in [3.05, 3.63) is 35.9 Å². The van der Waals surface area contributed by atoms with Crippen molar-refractivity contribution in [2.45, 2.75) is 25.0 Å². The van der Waals surface area contributed by atoms with Crippen LogP contribution < -0.4 is 0 Å². The number of hydrogen-bond acceptors (Lipinski definition) is 3. The highest BCUT2D eigenvalue weighted by Crippen LogP contribution is 2.35. The second kappa shape index (κ2) is 4.45. The van der Waals surface area contributed by atoms with E-state index in [2.05, 4.69) is 0 Å². The minimum atomic E-state index is -0.846. The van der Waals surface area contributed by atoms with Gasteiger partial charge < -0.3 is 9.47 Å². The minimum absolute atomic E-state index is 0.471. The first-order valence-corrected chi connectivity index (χ1v) is 5.18. The Balaban J connectivity index is 2.29. The van der Waals surface area contributed by atoms with Crippen LogP contribution in [0.1, 0.15) is 24.8 Å². The molecule has 3 nitrogen and oxygen atoms in total. The molecule has 1 saturated heterocycles. The van der Waals surface area contributed by atoms with E-state index in [1.165, 1.54) is 0 Å². The average molecular weight is 206 g/mol. The molecule has 1 aliphatic rings. The molecule has 1 unspecified atom stereocenters. The van der Waals surface area contributed by atoms with E-state index in [1.54, 1.807) is 0 Å². The van der Waals surface area contributed by atoms with Crippen LogP contribution >= 0.6 is 0 Å². The molecule has 80 valence electrons. The zero-order chi connectivity index (χ0) is 10.6. The molecule has 0 aliphatic carbocycles. The molecule has 3 heteroatoms. The van der Waals surface area contributed by atoms with Crippen LogP contribution in [-0.4, -0.2) is 13.1 Å². The van der Waals surface area contributed by atoms with E-state index in [-0.39, 0.29) is 0 Å². The maximum absolute atomic E-state index is 10.5. The third kappa shape index (κ3) is 2.02. The molecule has 2 rings (SSSR count). The van der Waals surface area contributed by atoms with E-state index in [9.17, 15) is 4.79 Å². The van der Waals surface area contributed by atoms with E-state index in [4.69, 9.17) is 9.47 Å². The van der Waals surface area contributed by atoms with Crippen molar-refractivity contribution in [1.29, 1.82) is 0 Å². The van der Waals surface area contributed by atoms with Gasteiger partial charge in [-0.05, 0) is 12.8 Å². The Morgan fingerprint density at radius 2 is 2.07 bits per heavy atom. The topological polar surface area (TPSA) is 35.5 Å². The summed E-state index contributed by atoms with van der Waals surface area (Å²) in [7, 11) is 0. The smallest absolute Gasteiger partial charge is 0.295 e. The highest BCUT2D eigenvalue weighted by Gasteiger charge is 2.37. The fraction of sp³-hybridized carbons (Fsp3) is 0.417. The van der Waals surface area contributed by atoms with Crippen molar-refractivity contribution in [3.8, 4) is 0 Å². The van der Waals surface area contributed by atoms with E-state index >= 15 is 0 Å². The molecule has 0 spiro atoms. The highest BCUT2D eigenvalue weighted by molar-refractivity contribution is 5.39. The number of rotatable bonds is 3. The molecule has 1 fully saturated rings. The van der Waals surface area contributed by atoms with Crippen LogP contribution in [0.3, 0.4) is 0 Å². The fourth-order valence-corrected chi connectivity index (χ4v) is 1.93. The molecule has 0 N–H and O–H groups in total. The molecule has 0 bridgehead atoms. The molecule has 0 saturated carbocycles. The van der Waals surface area contributed by atoms with Crippen LogP contribution in [0.2, 0.25) is 0 Å². The number of carbonyl (C=O) groups is 1. The molecule has 0 radical (unpaired) electrons. The van der Waals surface area contributed by atoms with Gasteiger partial charge in [-0.25, -0.2) is 0 Å². The van der Waals surface area contributed by atoms with Crippen molar-refractivity contribution in [1.82, 2.24) is 0 Å². The maximum Gasteiger partial charge on any atom is 0.295 e.